The Hall–Kier alpha value is -1.43. The summed E-state index contributed by atoms with van der Waals surface area (Å²) in [6, 6.07) is 11.3. The number of likely N-dealkylation sites (tertiary alicyclic amines) is 1. The van der Waals surface area contributed by atoms with E-state index in [1.807, 2.05) is 11.9 Å². The molecule has 2 aliphatic heterocycles. The first kappa shape index (κ1) is 18.4. The van der Waals surface area contributed by atoms with E-state index in [1.54, 1.807) is 0 Å². The van der Waals surface area contributed by atoms with Crippen molar-refractivity contribution >= 4 is 5.91 Å². The van der Waals surface area contributed by atoms with E-state index >= 15 is 0 Å². The van der Waals surface area contributed by atoms with Gasteiger partial charge in [0.2, 0.25) is 5.91 Å². The summed E-state index contributed by atoms with van der Waals surface area (Å²) < 4.78 is 5.37. The molecule has 2 unspecified atom stereocenters. The second kappa shape index (κ2) is 7.85. The Balaban J connectivity index is 1.57. The number of rotatable bonds is 4. The third kappa shape index (κ3) is 4.22. The van der Waals surface area contributed by atoms with Crippen LogP contribution >= 0.6 is 0 Å². The fourth-order valence-corrected chi connectivity index (χ4v) is 4.07. The molecule has 0 aromatic heterocycles. The van der Waals surface area contributed by atoms with Gasteiger partial charge in [-0.15, -0.1) is 0 Å². The molecule has 0 radical (unpaired) electrons. The van der Waals surface area contributed by atoms with E-state index < -0.39 is 5.54 Å². The van der Waals surface area contributed by atoms with Gasteiger partial charge in [-0.25, -0.2) is 0 Å². The maximum Gasteiger partial charge on any atom is 0.242 e. The molecule has 3 rings (SSSR count). The van der Waals surface area contributed by atoms with Crippen LogP contribution in [0.5, 0.6) is 0 Å². The Morgan fingerprint density at radius 1 is 1.32 bits per heavy atom. The van der Waals surface area contributed by atoms with Crippen molar-refractivity contribution in [1.82, 2.24) is 9.80 Å². The monoisotopic (exact) mass is 345 g/mol. The summed E-state index contributed by atoms with van der Waals surface area (Å²) in [5, 5.41) is 0. The predicted molar refractivity (Wildman–Crippen MR) is 99.1 cm³/mol. The number of carbonyl (C=O) groups is 1. The van der Waals surface area contributed by atoms with Gasteiger partial charge in [0, 0.05) is 45.4 Å². The lowest BCUT2D eigenvalue weighted by molar-refractivity contribution is -0.142. The third-order valence-electron chi connectivity index (χ3n) is 5.89. The van der Waals surface area contributed by atoms with Crippen LogP contribution < -0.4 is 5.73 Å². The highest BCUT2D eigenvalue weighted by molar-refractivity contribution is 5.86. The third-order valence-corrected chi connectivity index (χ3v) is 5.89. The van der Waals surface area contributed by atoms with Gasteiger partial charge < -0.3 is 15.4 Å². The van der Waals surface area contributed by atoms with Crippen molar-refractivity contribution in [3.8, 4) is 0 Å². The number of hydrogen-bond acceptors (Lipinski definition) is 4. The highest BCUT2D eigenvalue weighted by Gasteiger charge is 2.40. The van der Waals surface area contributed by atoms with Crippen LogP contribution in [0.25, 0.3) is 0 Å². The van der Waals surface area contributed by atoms with E-state index in [-0.39, 0.29) is 11.9 Å². The molecule has 2 atom stereocenters. The number of ether oxygens (including phenoxy) is 1. The maximum atomic E-state index is 12.9. The molecule has 1 aromatic rings. The summed E-state index contributed by atoms with van der Waals surface area (Å²) in [6.07, 6.45) is 3.25. The number of hydrogen-bond donors (Lipinski definition) is 1. The number of nitrogens with zero attached hydrogens (tertiary/aromatic N) is 2. The van der Waals surface area contributed by atoms with Crippen molar-refractivity contribution < 1.29 is 9.53 Å². The van der Waals surface area contributed by atoms with Crippen LogP contribution in [-0.4, -0.2) is 60.1 Å². The summed E-state index contributed by atoms with van der Waals surface area (Å²) in [6.45, 7) is 5.42. The lowest BCUT2D eigenvalue weighted by atomic mass is 9.88. The molecule has 138 valence electrons. The van der Waals surface area contributed by atoms with E-state index in [4.69, 9.17) is 10.5 Å². The zero-order valence-corrected chi connectivity index (χ0v) is 15.5. The number of carbonyl (C=O) groups excluding carboxylic acids is 1. The molecule has 2 saturated heterocycles. The van der Waals surface area contributed by atoms with Crippen LogP contribution in [0.4, 0.5) is 0 Å². The van der Waals surface area contributed by atoms with Crippen molar-refractivity contribution in [3.63, 3.8) is 0 Å². The molecule has 25 heavy (non-hydrogen) atoms. The van der Waals surface area contributed by atoms with Crippen molar-refractivity contribution in [1.29, 1.82) is 0 Å². The lowest BCUT2D eigenvalue weighted by Gasteiger charge is -2.44. The first-order valence-corrected chi connectivity index (χ1v) is 9.41. The average molecular weight is 345 g/mol. The molecule has 0 aliphatic carbocycles. The largest absolute Gasteiger partial charge is 0.381 e. The summed E-state index contributed by atoms with van der Waals surface area (Å²) in [5.41, 5.74) is 7.00. The highest BCUT2D eigenvalue weighted by atomic mass is 16.5. The van der Waals surface area contributed by atoms with Gasteiger partial charge >= 0.3 is 0 Å². The molecule has 0 bridgehead atoms. The molecule has 0 saturated carbocycles. The number of likely N-dealkylation sites (N-methyl/N-ethyl adjacent to an activating group) is 1. The zero-order valence-electron chi connectivity index (χ0n) is 15.5. The molecule has 2 N–H and O–H groups in total. The Bertz CT molecular complexity index is 572. The van der Waals surface area contributed by atoms with Gasteiger partial charge in [-0.2, -0.15) is 0 Å². The molecule has 1 amide bonds. The average Bonchev–Trinajstić information content (AvgIpc) is 2.63. The Morgan fingerprint density at radius 2 is 2.00 bits per heavy atom. The van der Waals surface area contributed by atoms with Crippen molar-refractivity contribution in [2.75, 3.05) is 26.8 Å². The van der Waals surface area contributed by atoms with Crippen molar-refractivity contribution in [2.24, 2.45) is 5.73 Å². The van der Waals surface area contributed by atoms with Crippen LogP contribution in [0.1, 0.15) is 38.2 Å². The molecule has 5 nitrogen and oxygen atoms in total. The minimum absolute atomic E-state index is 0.0875. The standard InChI is InChI=1S/C20H31N3O2/c1-16-14-18(8-11-23(16)15-17-6-4-3-5-7-17)22(2)19(24)20(21)9-12-25-13-10-20/h3-7,16,18H,8-15,21H2,1-2H3. The second-order valence-corrected chi connectivity index (χ2v) is 7.67. The Kier molecular flexibility index (Phi) is 5.77. The SMILES string of the molecule is CC1CC(N(C)C(=O)C2(N)CCOCC2)CCN1Cc1ccccc1. The molecular weight excluding hydrogens is 314 g/mol. The van der Waals surface area contributed by atoms with Gasteiger partial charge in [0.25, 0.3) is 0 Å². The number of nitrogens with two attached hydrogens (primary N) is 1. The van der Waals surface area contributed by atoms with Gasteiger partial charge in [-0.3, -0.25) is 9.69 Å². The highest BCUT2D eigenvalue weighted by Crippen LogP contribution is 2.26. The lowest BCUT2D eigenvalue weighted by Crippen LogP contribution is -2.60. The minimum Gasteiger partial charge on any atom is -0.381 e. The first-order chi connectivity index (χ1) is 12.0. The van der Waals surface area contributed by atoms with Crippen LogP contribution in [0.3, 0.4) is 0 Å². The van der Waals surface area contributed by atoms with Crippen molar-refractivity contribution in [3.05, 3.63) is 35.9 Å². The zero-order chi connectivity index (χ0) is 17.9. The van der Waals surface area contributed by atoms with Gasteiger partial charge in [-0.1, -0.05) is 30.3 Å². The minimum atomic E-state index is -0.739. The number of benzene rings is 1. The van der Waals surface area contributed by atoms with E-state index in [1.165, 1.54) is 5.56 Å². The Labute approximate surface area is 151 Å². The second-order valence-electron chi connectivity index (χ2n) is 7.67. The molecule has 2 fully saturated rings. The van der Waals surface area contributed by atoms with Gasteiger partial charge in [0.15, 0.2) is 0 Å². The normalized spacial score (nSPS) is 27.0. The van der Waals surface area contributed by atoms with Crippen LogP contribution in [0.2, 0.25) is 0 Å². The maximum absolute atomic E-state index is 12.9. The predicted octanol–water partition coefficient (Wildman–Crippen LogP) is 2.01. The van der Waals surface area contributed by atoms with E-state index in [9.17, 15) is 4.79 Å². The summed E-state index contributed by atoms with van der Waals surface area (Å²) in [5.74, 6) is 0.0875. The molecular formula is C20H31N3O2. The molecule has 1 aromatic carbocycles. The van der Waals surface area contributed by atoms with Crippen LogP contribution in [0.15, 0.2) is 30.3 Å². The molecule has 2 aliphatic rings. The Morgan fingerprint density at radius 3 is 2.64 bits per heavy atom. The van der Waals surface area contributed by atoms with E-state index in [2.05, 4.69) is 42.2 Å². The smallest absolute Gasteiger partial charge is 0.242 e. The molecule has 2 heterocycles. The van der Waals surface area contributed by atoms with E-state index in [0.29, 0.717) is 32.1 Å². The van der Waals surface area contributed by atoms with Crippen molar-refractivity contribution in [2.45, 2.75) is 56.8 Å². The summed E-state index contributed by atoms with van der Waals surface area (Å²) in [7, 11) is 1.93. The molecule has 0 spiro atoms. The van der Waals surface area contributed by atoms with Gasteiger partial charge in [0.1, 0.15) is 0 Å². The number of piperidine rings is 1. The van der Waals surface area contributed by atoms with Crippen LogP contribution in [0, 0.1) is 0 Å². The quantitative estimate of drug-likeness (QED) is 0.907. The topological polar surface area (TPSA) is 58.8 Å². The fraction of sp³-hybridized carbons (Fsp3) is 0.650. The summed E-state index contributed by atoms with van der Waals surface area (Å²) >= 11 is 0. The van der Waals surface area contributed by atoms with E-state index in [0.717, 1.165) is 25.9 Å². The summed E-state index contributed by atoms with van der Waals surface area (Å²) in [4.78, 5) is 17.4. The first-order valence-electron chi connectivity index (χ1n) is 9.41. The number of amides is 1. The van der Waals surface area contributed by atoms with Gasteiger partial charge in [-0.05, 0) is 38.2 Å². The van der Waals surface area contributed by atoms with Crippen LogP contribution in [-0.2, 0) is 16.1 Å². The fourth-order valence-electron chi connectivity index (χ4n) is 4.07. The molecule has 5 heteroatoms. The van der Waals surface area contributed by atoms with Gasteiger partial charge in [0.05, 0.1) is 5.54 Å².